The number of hydrogen-bond donors (Lipinski definition) is 0. The lowest BCUT2D eigenvalue weighted by atomic mass is 9.87. The van der Waals surface area contributed by atoms with Crippen LogP contribution in [0.5, 0.6) is 17.2 Å². The molecule has 8 heteroatoms. The number of benzene rings is 4. The highest BCUT2D eigenvalue weighted by Crippen LogP contribution is 2.30. The fourth-order valence-electron chi connectivity index (χ4n) is 4.87. The summed E-state index contributed by atoms with van der Waals surface area (Å²) in [7, 11) is 0. The summed E-state index contributed by atoms with van der Waals surface area (Å²) in [6.07, 6.45) is -0.00749. The van der Waals surface area contributed by atoms with Gasteiger partial charge in [-0.2, -0.15) is 0 Å². The van der Waals surface area contributed by atoms with Gasteiger partial charge in [0.2, 0.25) is 5.91 Å². The molecule has 45 heavy (non-hydrogen) atoms. The van der Waals surface area contributed by atoms with Gasteiger partial charge in [0, 0.05) is 24.2 Å². The molecule has 5 rings (SSSR count). The van der Waals surface area contributed by atoms with Crippen molar-refractivity contribution in [2.45, 2.75) is 39.5 Å². The minimum atomic E-state index is -0.689. The maximum atomic E-state index is 12.7. The Morgan fingerprint density at radius 2 is 1.31 bits per heavy atom. The van der Waals surface area contributed by atoms with Crippen molar-refractivity contribution in [2.24, 2.45) is 5.92 Å². The molecule has 0 radical (unpaired) electrons. The maximum Gasteiger partial charge on any atom is 0.343 e. The minimum Gasteiger partial charge on any atom is -0.457 e. The third-order valence-corrected chi connectivity index (χ3v) is 7.58. The van der Waals surface area contributed by atoms with Crippen molar-refractivity contribution in [3.8, 4) is 17.2 Å². The SMILES string of the molecule is Cc1ccc(C(=O)Oc2ccc(C(=O)COC(=O)[C@@H]3CC(=O)N(c4ccc(Oc5ccc(C(C)(C)C)cc5)cc4)C3)cc2)cc1. The molecule has 0 spiro atoms. The lowest BCUT2D eigenvalue weighted by Gasteiger charge is -2.19. The van der Waals surface area contributed by atoms with Gasteiger partial charge in [-0.15, -0.1) is 0 Å². The van der Waals surface area contributed by atoms with Crippen LogP contribution < -0.4 is 14.4 Å². The number of Topliss-reactive ketones (excluding diaryl/α,β-unsaturated/α-hetero) is 1. The number of nitrogens with zero attached hydrogens (tertiary/aromatic N) is 1. The normalized spacial score (nSPS) is 14.6. The molecule has 1 amide bonds. The second-order valence-electron chi connectivity index (χ2n) is 12.1. The van der Waals surface area contributed by atoms with Gasteiger partial charge in [0.05, 0.1) is 11.5 Å². The van der Waals surface area contributed by atoms with Crippen molar-refractivity contribution in [2.75, 3.05) is 18.1 Å². The topological polar surface area (TPSA) is 99.2 Å². The van der Waals surface area contributed by atoms with Crippen LogP contribution in [0.15, 0.2) is 97.1 Å². The molecule has 1 aliphatic rings. The Balaban J connectivity index is 1.10. The smallest absolute Gasteiger partial charge is 0.343 e. The summed E-state index contributed by atoms with van der Waals surface area (Å²) in [5.41, 5.74) is 3.65. The van der Waals surface area contributed by atoms with Crippen molar-refractivity contribution < 1.29 is 33.4 Å². The van der Waals surface area contributed by atoms with Crippen LogP contribution in [-0.2, 0) is 19.7 Å². The van der Waals surface area contributed by atoms with Crippen LogP contribution >= 0.6 is 0 Å². The molecular weight excluding hydrogens is 570 g/mol. The van der Waals surface area contributed by atoms with E-state index in [9.17, 15) is 19.2 Å². The summed E-state index contributed by atoms with van der Waals surface area (Å²) in [6.45, 7) is 8.08. The average Bonchev–Trinajstić information content (AvgIpc) is 3.42. The fraction of sp³-hybridized carbons (Fsp3) is 0.243. The number of amides is 1. The summed E-state index contributed by atoms with van der Waals surface area (Å²) in [5.74, 6) is -0.797. The average molecular weight is 606 g/mol. The van der Waals surface area contributed by atoms with Gasteiger partial charge >= 0.3 is 11.9 Å². The molecule has 8 nitrogen and oxygen atoms in total. The molecule has 0 aliphatic carbocycles. The zero-order valence-electron chi connectivity index (χ0n) is 25.7. The fourth-order valence-corrected chi connectivity index (χ4v) is 4.87. The van der Waals surface area contributed by atoms with Gasteiger partial charge < -0.3 is 19.1 Å². The molecule has 230 valence electrons. The summed E-state index contributed by atoms with van der Waals surface area (Å²) in [5, 5.41) is 0. The van der Waals surface area contributed by atoms with Crippen LogP contribution in [0.3, 0.4) is 0 Å². The lowest BCUT2D eigenvalue weighted by molar-refractivity contribution is -0.147. The van der Waals surface area contributed by atoms with Gasteiger partial charge in [0.1, 0.15) is 17.2 Å². The first-order chi connectivity index (χ1) is 21.5. The summed E-state index contributed by atoms with van der Waals surface area (Å²) < 4.78 is 16.6. The number of hydrogen-bond acceptors (Lipinski definition) is 7. The van der Waals surface area contributed by atoms with Crippen molar-refractivity contribution in [3.05, 3.63) is 119 Å². The molecule has 0 bridgehead atoms. The number of carbonyl (C=O) groups excluding carboxylic acids is 4. The highest BCUT2D eigenvalue weighted by atomic mass is 16.5. The van der Waals surface area contributed by atoms with E-state index in [0.717, 1.165) is 5.56 Å². The Morgan fingerprint density at radius 1 is 0.756 bits per heavy atom. The minimum absolute atomic E-state index is 0.00749. The molecular formula is C37H35NO7. The first-order valence-corrected chi connectivity index (χ1v) is 14.7. The van der Waals surface area contributed by atoms with Gasteiger partial charge in [0.15, 0.2) is 12.4 Å². The molecule has 0 N–H and O–H groups in total. The van der Waals surface area contributed by atoms with E-state index in [4.69, 9.17) is 14.2 Å². The highest BCUT2D eigenvalue weighted by molar-refractivity contribution is 6.01. The Bertz CT molecular complexity index is 1680. The Morgan fingerprint density at radius 3 is 1.91 bits per heavy atom. The second-order valence-corrected chi connectivity index (χ2v) is 12.1. The van der Waals surface area contributed by atoms with Crippen LogP contribution in [-0.4, -0.2) is 36.8 Å². The van der Waals surface area contributed by atoms with E-state index in [2.05, 4.69) is 20.8 Å². The maximum absolute atomic E-state index is 12.7. The van der Waals surface area contributed by atoms with E-state index in [-0.39, 0.29) is 30.0 Å². The summed E-state index contributed by atoms with van der Waals surface area (Å²) in [4.78, 5) is 52.0. The molecule has 1 saturated heterocycles. The van der Waals surface area contributed by atoms with Crippen molar-refractivity contribution in [3.63, 3.8) is 0 Å². The molecule has 1 aliphatic heterocycles. The van der Waals surface area contributed by atoms with Crippen LogP contribution in [0, 0.1) is 12.8 Å². The number of ketones is 1. The largest absolute Gasteiger partial charge is 0.457 e. The number of rotatable bonds is 9. The number of carbonyl (C=O) groups is 4. The summed E-state index contributed by atoms with van der Waals surface area (Å²) >= 11 is 0. The lowest BCUT2D eigenvalue weighted by Crippen LogP contribution is -2.27. The quantitative estimate of drug-likeness (QED) is 0.114. The standard InChI is InChI=1S/C37H35NO7/c1-24-5-7-26(8-6-24)36(42)45-32-15-9-25(10-16-32)33(39)23-43-35(41)27-21-34(40)38(22-27)29-13-19-31(20-14-29)44-30-17-11-28(12-18-30)37(2,3)4/h5-20,27H,21-23H2,1-4H3/t27-/m1/s1. The van der Waals surface area contributed by atoms with E-state index in [0.29, 0.717) is 28.3 Å². The number of ether oxygens (including phenoxy) is 3. The molecule has 4 aromatic rings. The third-order valence-electron chi connectivity index (χ3n) is 7.58. The van der Waals surface area contributed by atoms with Crippen molar-refractivity contribution >= 4 is 29.3 Å². The Hall–Kier alpha value is -5.24. The third kappa shape index (κ3) is 7.84. The van der Waals surface area contributed by atoms with Crippen LogP contribution in [0.25, 0.3) is 0 Å². The van der Waals surface area contributed by atoms with Crippen LogP contribution in [0.1, 0.15) is 59.0 Å². The molecule has 4 aromatic carbocycles. The molecule has 0 saturated carbocycles. The van der Waals surface area contributed by atoms with Crippen molar-refractivity contribution in [1.82, 2.24) is 0 Å². The van der Waals surface area contributed by atoms with E-state index in [1.807, 2.05) is 43.3 Å². The molecule has 0 unspecified atom stereocenters. The zero-order chi connectivity index (χ0) is 32.1. The molecule has 1 atom stereocenters. The highest BCUT2D eigenvalue weighted by Gasteiger charge is 2.36. The van der Waals surface area contributed by atoms with Crippen LogP contribution in [0.4, 0.5) is 5.69 Å². The van der Waals surface area contributed by atoms with Gasteiger partial charge in [-0.05, 0) is 90.7 Å². The number of esters is 2. The van der Waals surface area contributed by atoms with Gasteiger partial charge in [0.25, 0.3) is 0 Å². The Labute approximate surface area is 262 Å². The number of aryl methyl sites for hydroxylation is 1. The first kappa shape index (κ1) is 31.2. The monoisotopic (exact) mass is 605 g/mol. The van der Waals surface area contributed by atoms with E-state index in [1.165, 1.54) is 34.7 Å². The number of anilines is 1. The van der Waals surface area contributed by atoms with Crippen LogP contribution in [0.2, 0.25) is 0 Å². The summed E-state index contributed by atoms with van der Waals surface area (Å²) in [6, 6.07) is 28.1. The second kappa shape index (κ2) is 13.2. The molecule has 1 fully saturated rings. The van der Waals surface area contributed by atoms with Gasteiger partial charge in [-0.3, -0.25) is 14.4 Å². The van der Waals surface area contributed by atoms with E-state index < -0.39 is 30.2 Å². The van der Waals surface area contributed by atoms with E-state index >= 15 is 0 Å². The van der Waals surface area contributed by atoms with E-state index in [1.54, 1.807) is 36.4 Å². The van der Waals surface area contributed by atoms with Gasteiger partial charge in [-0.25, -0.2) is 4.79 Å². The predicted octanol–water partition coefficient (Wildman–Crippen LogP) is 7.08. The van der Waals surface area contributed by atoms with Gasteiger partial charge in [-0.1, -0.05) is 50.6 Å². The zero-order valence-corrected chi connectivity index (χ0v) is 25.7. The molecule has 0 aromatic heterocycles. The first-order valence-electron chi connectivity index (χ1n) is 14.7. The van der Waals surface area contributed by atoms with Crippen molar-refractivity contribution in [1.29, 1.82) is 0 Å². The predicted molar refractivity (Wildman–Crippen MR) is 170 cm³/mol. The molecule has 1 heterocycles. The Kier molecular flexibility index (Phi) is 9.13.